The van der Waals surface area contributed by atoms with Crippen LogP contribution in [0.25, 0.3) is 0 Å². The summed E-state index contributed by atoms with van der Waals surface area (Å²) in [6.07, 6.45) is 1.69. The first kappa shape index (κ1) is 11.7. The number of hydrogen-bond donors (Lipinski definition) is 1. The summed E-state index contributed by atoms with van der Waals surface area (Å²) in [6.45, 7) is 0.687. The summed E-state index contributed by atoms with van der Waals surface area (Å²) in [5.41, 5.74) is 2.09. The van der Waals surface area contributed by atoms with E-state index in [1.54, 1.807) is 6.20 Å². The number of hydrogen-bond acceptors (Lipinski definition) is 2. The van der Waals surface area contributed by atoms with Gasteiger partial charge in [0.25, 0.3) is 0 Å². The summed E-state index contributed by atoms with van der Waals surface area (Å²) in [5, 5.41) is 3.87. The minimum absolute atomic E-state index is 0.556. The first-order valence-electron chi connectivity index (χ1n) is 4.84. The summed E-state index contributed by atoms with van der Waals surface area (Å²) in [6, 6.07) is 12.1. The zero-order chi connectivity index (χ0) is 11.4. The highest BCUT2D eigenvalue weighted by Crippen LogP contribution is 2.16. The summed E-state index contributed by atoms with van der Waals surface area (Å²) >= 11 is 8.26. The SMILES string of the molecule is Clc1ncccc1CNc1cccc(I)c1. The number of halogens is 2. The van der Waals surface area contributed by atoms with Crippen molar-refractivity contribution in [1.29, 1.82) is 0 Å². The summed E-state index contributed by atoms with van der Waals surface area (Å²) in [4.78, 5) is 4.03. The Kier molecular flexibility index (Phi) is 4.01. The zero-order valence-corrected chi connectivity index (χ0v) is 11.4. The van der Waals surface area contributed by atoms with E-state index in [1.165, 1.54) is 3.57 Å². The summed E-state index contributed by atoms with van der Waals surface area (Å²) < 4.78 is 1.21. The fourth-order valence-corrected chi connectivity index (χ4v) is 2.08. The molecule has 2 aromatic rings. The molecule has 1 aromatic carbocycles. The highest BCUT2D eigenvalue weighted by atomic mass is 127. The Hall–Kier alpha value is -0.810. The number of anilines is 1. The van der Waals surface area contributed by atoms with E-state index in [9.17, 15) is 0 Å². The summed E-state index contributed by atoms with van der Waals surface area (Å²) in [7, 11) is 0. The van der Waals surface area contributed by atoms with E-state index in [0.717, 1.165) is 11.3 Å². The van der Waals surface area contributed by atoms with Gasteiger partial charge in [-0.15, -0.1) is 0 Å². The second-order valence-electron chi connectivity index (χ2n) is 3.32. The van der Waals surface area contributed by atoms with Gasteiger partial charge < -0.3 is 5.32 Å². The van der Waals surface area contributed by atoms with Crippen molar-refractivity contribution >= 4 is 39.9 Å². The highest BCUT2D eigenvalue weighted by molar-refractivity contribution is 14.1. The quantitative estimate of drug-likeness (QED) is 0.673. The normalized spacial score (nSPS) is 10.1. The van der Waals surface area contributed by atoms with Gasteiger partial charge in [-0.3, -0.25) is 0 Å². The van der Waals surface area contributed by atoms with Crippen LogP contribution in [0.1, 0.15) is 5.56 Å². The maximum absolute atomic E-state index is 5.97. The van der Waals surface area contributed by atoms with Gasteiger partial charge in [0.2, 0.25) is 0 Å². The molecule has 0 bridgehead atoms. The van der Waals surface area contributed by atoms with Crippen LogP contribution < -0.4 is 5.32 Å². The predicted octanol–water partition coefficient (Wildman–Crippen LogP) is 3.95. The molecule has 2 rings (SSSR count). The second kappa shape index (κ2) is 5.50. The van der Waals surface area contributed by atoms with E-state index in [1.807, 2.05) is 24.3 Å². The Morgan fingerprint density at radius 2 is 2.12 bits per heavy atom. The van der Waals surface area contributed by atoms with Crippen LogP contribution in [-0.4, -0.2) is 4.98 Å². The van der Waals surface area contributed by atoms with Crippen molar-refractivity contribution in [3.63, 3.8) is 0 Å². The molecule has 0 aliphatic rings. The molecule has 2 nitrogen and oxygen atoms in total. The minimum atomic E-state index is 0.556. The Bertz CT molecular complexity index is 488. The average molecular weight is 345 g/mol. The van der Waals surface area contributed by atoms with Crippen molar-refractivity contribution in [2.45, 2.75) is 6.54 Å². The van der Waals surface area contributed by atoms with Crippen molar-refractivity contribution in [3.8, 4) is 0 Å². The van der Waals surface area contributed by atoms with Gasteiger partial charge >= 0.3 is 0 Å². The van der Waals surface area contributed by atoms with Gasteiger partial charge in [-0.2, -0.15) is 0 Å². The minimum Gasteiger partial charge on any atom is -0.381 e. The number of nitrogens with zero attached hydrogens (tertiary/aromatic N) is 1. The molecule has 0 atom stereocenters. The monoisotopic (exact) mass is 344 g/mol. The van der Waals surface area contributed by atoms with Gasteiger partial charge in [-0.25, -0.2) is 4.98 Å². The Balaban J connectivity index is 2.05. The molecular formula is C12H10ClIN2. The molecule has 0 fully saturated rings. The van der Waals surface area contributed by atoms with Crippen LogP contribution in [0.5, 0.6) is 0 Å². The van der Waals surface area contributed by atoms with Gasteiger partial charge in [0.15, 0.2) is 0 Å². The lowest BCUT2D eigenvalue weighted by molar-refractivity contribution is 1.11. The fourth-order valence-electron chi connectivity index (χ4n) is 1.35. The number of pyridine rings is 1. The first-order valence-corrected chi connectivity index (χ1v) is 6.30. The van der Waals surface area contributed by atoms with Gasteiger partial charge in [0.1, 0.15) is 5.15 Å². The third-order valence-corrected chi connectivity index (χ3v) is 3.16. The third-order valence-electron chi connectivity index (χ3n) is 2.14. The molecule has 0 aliphatic heterocycles. The topological polar surface area (TPSA) is 24.9 Å². The molecular weight excluding hydrogens is 335 g/mol. The average Bonchev–Trinajstić information content (AvgIpc) is 2.28. The largest absolute Gasteiger partial charge is 0.381 e. The van der Waals surface area contributed by atoms with Crippen LogP contribution in [-0.2, 0) is 6.54 Å². The lowest BCUT2D eigenvalue weighted by atomic mass is 10.2. The van der Waals surface area contributed by atoms with Gasteiger partial charge in [-0.1, -0.05) is 23.7 Å². The number of rotatable bonds is 3. The predicted molar refractivity (Wildman–Crippen MR) is 75.7 cm³/mol. The number of aromatic nitrogens is 1. The van der Waals surface area contributed by atoms with Crippen molar-refractivity contribution in [3.05, 3.63) is 56.9 Å². The molecule has 0 saturated heterocycles. The Morgan fingerprint density at radius 3 is 2.88 bits per heavy atom. The molecule has 1 N–H and O–H groups in total. The van der Waals surface area contributed by atoms with Crippen molar-refractivity contribution in [2.75, 3.05) is 5.32 Å². The van der Waals surface area contributed by atoms with Crippen LogP contribution in [0, 0.1) is 3.57 Å². The van der Waals surface area contributed by atoms with Gasteiger partial charge in [0.05, 0.1) is 0 Å². The molecule has 0 spiro atoms. The van der Waals surface area contributed by atoms with E-state index in [2.05, 4.69) is 45.0 Å². The Morgan fingerprint density at radius 1 is 1.25 bits per heavy atom. The molecule has 0 radical (unpaired) electrons. The summed E-state index contributed by atoms with van der Waals surface area (Å²) in [5.74, 6) is 0. The van der Waals surface area contributed by atoms with Crippen molar-refractivity contribution in [1.82, 2.24) is 4.98 Å². The molecule has 82 valence electrons. The fraction of sp³-hybridized carbons (Fsp3) is 0.0833. The van der Waals surface area contributed by atoms with Crippen LogP contribution in [0.2, 0.25) is 5.15 Å². The molecule has 4 heteroatoms. The van der Waals surface area contributed by atoms with Crippen molar-refractivity contribution < 1.29 is 0 Å². The van der Waals surface area contributed by atoms with E-state index in [4.69, 9.17) is 11.6 Å². The maximum Gasteiger partial charge on any atom is 0.133 e. The standard InChI is InChI=1S/C12H10ClIN2/c13-12-9(3-2-6-15-12)8-16-11-5-1-4-10(14)7-11/h1-7,16H,8H2. The van der Waals surface area contributed by atoms with Gasteiger partial charge in [0, 0.05) is 27.6 Å². The number of benzene rings is 1. The zero-order valence-electron chi connectivity index (χ0n) is 8.45. The van der Waals surface area contributed by atoms with Gasteiger partial charge in [-0.05, 0) is 46.9 Å². The van der Waals surface area contributed by atoms with Crippen LogP contribution >= 0.6 is 34.2 Å². The van der Waals surface area contributed by atoms with Crippen LogP contribution in [0.4, 0.5) is 5.69 Å². The Labute approximate surface area is 113 Å². The van der Waals surface area contributed by atoms with E-state index in [0.29, 0.717) is 11.7 Å². The molecule has 0 unspecified atom stereocenters. The van der Waals surface area contributed by atoms with E-state index in [-0.39, 0.29) is 0 Å². The molecule has 0 saturated carbocycles. The second-order valence-corrected chi connectivity index (χ2v) is 4.92. The van der Waals surface area contributed by atoms with Crippen molar-refractivity contribution in [2.24, 2.45) is 0 Å². The number of nitrogens with one attached hydrogen (secondary N) is 1. The highest BCUT2D eigenvalue weighted by Gasteiger charge is 1.99. The first-order chi connectivity index (χ1) is 7.75. The van der Waals surface area contributed by atoms with Crippen LogP contribution in [0.3, 0.4) is 0 Å². The maximum atomic E-state index is 5.97. The van der Waals surface area contributed by atoms with Crippen LogP contribution in [0.15, 0.2) is 42.6 Å². The third kappa shape index (κ3) is 3.09. The molecule has 0 aliphatic carbocycles. The lowest BCUT2D eigenvalue weighted by Gasteiger charge is -2.07. The van der Waals surface area contributed by atoms with E-state index >= 15 is 0 Å². The smallest absolute Gasteiger partial charge is 0.133 e. The molecule has 1 aromatic heterocycles. The molecule has 0 amide bonds. The van der Waals surface area contributed by atoms with E-state index < -0.39 is 0 Å². The molecule has 1 heterocycles. The molecule has 16 heavy (non-hydrogen) atoms. The lowest BCUT2D eigenvalue weighted by Crippen LogP contribution is -2.00.